The lowest BCUT2D eigenvalue weighted by Crippen LogP contribution is -1.99. The van der Waals surface area contributed by atoms with Crippen LogP contribution in [0.1, 0.15) is 11.7 Å². The van der Waals surface area contributed by atoms with Gasteiger partial charge in [-0.2, -0.15) is 10.1 Å². The molecule has 0 saturated carbocycles. The molecule has 2 rings (SSSR count). The standard InChI is InChI=1S/C6H7N5O/c1-5-9-6(12-10-5)2-11-4-7-3-8-11/h3-4H,2H2,1H3. The number of hydrogen-bond acceptors (Lipinski definition) is 5. The molecule has 0 N–H and O–H groups in total. The van der Waals surface area contributed by atoms with E-state index in [0.29, 0.717) is 18.3 Å². The minimum atomic E-state index is 0.473. The molecule has 0 aliphatic rings. The quantitative estimate of drug-likeness (QED) is 0.627. The van der Waals surface area contributed by atoms with Gasteiger partial charge in [0.1, 0.15) is 19.2 Å². The predicted molar refractivity (Wildman–Crippen MR) is 38.2 cm³/mol. The van der Waals surface area contributed by atoms with Gasteiger partial charge >= 0.3 is 0 Å². The summed E-state index contributed by atoms with van der Waals surface area (Å²) < 4.78 is 6.51. The van der Waals surface area contributed by atoms with E-state index >= 15 is 0 Å². The van der Waals surface area contributed by atoms with E-state index in [1.807, 2.05) is 0 Å². The molecule has 2 aromatic rings. The van der Waals surface area contributed by atoms with E-state index < -0.39 is 0 Å². The van der Waals surface area contributed by atoms with Gasteiger partial charge in [0, 0.05) is 0 Å². The number of aryl methyl sites for hydroxylation is 1. The van der Waals surface area contributed by atoms with Gasteiger partial charge in [-0.15, -0.1) is 0 Å². The van der Waals surface area contributed by atoms with Gasteiger partial charge in [-0.25, -0.2) is 9.67 Å². The van der Waals surface area contributed by atoms with Gasteiger partial charge in [0.25, 0.3) is 0 Å². The average Bonchev–Trinajstić information content (AvgIpc) is 2.63. The summed E-state index contributed by atoms with van der Waals surface area (Å²) in [4.78, 5) is 7.81. The van der Waals surface area contributed by atoms with Crippen LogP contribution >= 0.6 is 0 Å². The lowest BCUT2D eigenvalue weighted by molar-refractivity contribution is 0.362. The van der Waals surface area contributed by atoms with Crippen LogP contribution in [0.4, 0.5) is 0 Å². The first-order valence-electron chi connectivity index (χ1n) is 3.46. The summed E-state index contributed by atoms with van der Waals surface area (Å²) in [5.41, 5.74) is 0. The van der Waals surface area contributed by atoms with Crippen molar-refractivity contribution in [1.82, 2.24) is 24.9 Å². The van der Waals surface area contributed by atoms with Crippen LogP contribution in [0.2, 0.25) is 0 Å². The second kappa shape index (κ2) is 2.72. The van der Waals surface area contributed by atoms with Crippen LogP contribution in [0, 0.1) is 6.92 Å². The largest absolute Gasteiger partial charge is 0.337 e. The Morgan fingerprint density at radius 3 is 3.08 bits per heavy atom. The second-order valence-electron chi connectivity index (χ2n) is 2.33. The van der Waals surface area contributed by atoms with Crippen molar-refractivity contribution in [3.8, 4) is 0 Å². The number of nitrogens with zero attached hydrogens (tertiary/aromatic N) is 5. The number of aromatic nitrogens is 5. The van der Waals surface area contributed by atoms with Crippen LogP contribution in [0.15, 0.2) is 17.2 Å². The SMILES string of the molecule is Cc1noc(Cn2cncn2)n1. The molecule has 0 aromatic carbocycles. The molecule has 0 fully saturated rings. The Bertz CT molecular complexity index is 352. The highest BCUT2D eigenvalue weighted by Gasteiger charge is 2.02. The first-order valence-corrected chi connectivity index (χ1v) is 3.46. The highest BCUT2D eigenvalue weighted by molar-refractivity contribution is 4.82. The van der Waals surface area contributed by atoms with Crippen molar-refractivity contribution in [2.24, 2.45) is 0 Å². The molecular formula is C6H7N5O. The molecular weight excluding hydrogens is 158 g/mol. The molecule has 6 heteroatoms. The van der Waals surface area contributed by atoms with Gasteiger partial charge in [-0.05, 0) is 6.92 Å². The topological polar surface area (TPSA) is 69.6 Å². The fraction of sp³-hybridized carbons (Fsp3) is 0.333. The van der Waals surface area contributed by atoms with Crippen LogP contribution in [-0.2, 0) is 6.54 Å². The minimum Gasteiger partial charge on any atom is -0.337 e. The molecule has 0 bridgehead atoms. The van der Waals surface area contributed by atoms with Crippen molar-refractivity contribution < 1.29 is 4.52 Å². The molecule has 2 aromatic heterocycles. The zero-order chi connectivity index (χ0) is 8.39. The Hall–Kier alpha value is -1.72. The van der Waals surface area contributed by atoms with Gasteiger partial charge in [0.15, 0.2) is 5.82 Å². The van der Waals surface area contributed by atoms with Crippen LogP contribution in [0.5, 0.6) is 0 Å². The molecule has 0 aliphatic heterocycles. The molecule has 0 spiro atoms. The third-order valence-electron chi connectivity index (χ3n) is 1.33. The van der Waals surface area contributed by atoms with E-state index in [1.165, 1.54) is 6.33 Å². The van der Waals surface area contributed by atoms with Crippen molar-refractivity contribution in [3.05, 3.63) is 24.4 Å². The molecule has 0 saturated heterocycles. The van der Waals surface area contributed by atoms with E-state index in [1.54, 1.807) is 17.9 Å². The maximum absolute atomic E-state index is 4.89. The highest BCUT2D eigenvalue weighted by atomic mass is 16.5. The molecule has 0 radical (unpaired) electrons. The van der Waals surface area contributed by atoms with Crippen molar-refractivity contribution in [3.63, 3.8) is 0 Å². The average molecular weight is 165 g/mol. The molecule has 62 valence electrons. The van der Waals surface area contributed by atoms with Gasteiger partial charge in [-0.3, -0.25) is 0 Å². The summed E-state index contributed by atoms with van der Waals surface area (Å²) >= 11 is 0. The Balaban J connectivity index is 2.14. The second-order valence-corrected chi connectivity index (χ2v) is 2.33. The van der Waals surface area contributed by atoms with Crippen LogP contribution in [0.25, 0.3) is 0 Å². The maximum atomic E-state index is 4.89. The Morgan fingerprint density at radius 2 is 2.50 bits per heavy atom. The summed E-state index contributed by atoms with van der Waals surface area (Å²) in [5, 5.41) is 7.55. The zero-order valence-electron chi connectivity index (χ0n) is 6.51. The molecule has 0 unspecified atom stereocenters. The first-order chi connectivity index (χ1) is 5.84. The monoisotopic (exact) mass is 165 g/mol. The van der Waals surface area contributed by atoms with Crippen LogP contribution < -0.4 is 0 Å². The van der Waals surface area contributed by atoms with Gasteiger partial charge < -0.3 is 4.52 Å². The summed E-state index contributed by atoms with van der Waals surface area (Å²) in [6, 6.07) is 0. The minimum absolute atomic E-state index is 0.473. The summed E-state index contributed by atoms with van der Waals surface area (Å²) in [5.74, 6) is 1.17. The van der Waals surface area contributed by atoms with Gasteiger partial charge in [0.05, 0.1) is 0 Å². The Labute approximate surface area is 68.2 Å². The number of rotatable bonds is 2. The van der Waals surface area contributed by atoms with Crippen molar-refractivity contribution in [2.75, 3.05) is 0 Å². The molecule has 0 atom stereocenters. The lowest BCUT2D eigenvalue weighted by atomic mass is 10.6. The van der Waals surface area contributed by atoms with Gasteiger partial charge in [-0.1, -0.05) is 5.16 Å². The van der Waals surface area contributed by atoms with Crippen molar-refractivity contribution in [1.29, 1.82) is 0 Å². The summed E-state index contributed by atoms with van der Waals surface area (Å²) in [6.45, 7) is 2.25. The third kappa shape index (κ3) is 1.31. The summed E-state index contributed by atoms with van der Waals surface area (Å²) in [7, 11) is 0. The van der Waals surface area contributed by atoms with E-state index in [9.17, 15) is 0 Å². The normalized spacial score (nSPS) is 10.4. The maximum Gasteiger partial charge on any atom is 0.248 e. The third-order valence-corrected chi connectivity index (χ3v) is 1.33. The zero-order valence-corrected chi connectivity index (χ0v) is 6.51. The molecule has 12 heavy (non-hydrogen) atoms. The highest BCUT2D eigenvalue weighted by Crippen LogP contribution is 1.97. The number of hydrogen-bond donors (Lipinski definition) is 0. The molecule has 2 heterocycles. The molecule has 0 aliphatic carbocycles. The van der Waals surface area contributed by atoms with E-state index in [2.05, 4.69) is 20.2 Å². The van der Waals surface area contributed by atoms with Gasteiger partial charge in [0.2, 0.25) is 5.89 Å². The van der Waals surface area contributed by atoms with Crippen LogP contribution in [-0.4, -0.2) is 24.9 Å². The van der Waals surface area contributed by atoms with Crippen LogP contribution in [0.3, 0.4) is 0 Å². The lowest BCUT2D eigenvalue weighted by Gasteiger charge is -1.91. The Morgan fingerprint density at radius 1 is 1.58 bits per heavy atom. The predicted octanol–water partition coefficient (Wildman–Crippen LogP) is 0.0178. The van der Waals surface area contributed by atoms with E-state index in [-0.39, 0.29) is 0 Å². The van der Waals surface area contributed by atoms with Crippen molar-refractivity contribution in [2.45, 2.75) is 13.5 Å². The van der Waals surface area contributed by atoms with Crippen molar-refractivity contribution >= 4 is 0 Å². The fourth-order valence-electron chi connectivity index (χ4n) is 0.857. The smallest absolute Gasteiger partial charge is 0.248 e. The fourth-order valence-corrected chi connectivity index (χ4v) is 0.857. The first kappa shape index (κ1) is 6.96. The van der Waals surface area contributed by atoms with E-state index in [0.717, 1.165) is 0 Å². The Kier molecular flexibility index (Phi) is 1.58. The molecule has 0 amide bonds. The van der Waals surface area contributed by atoms with E-state index in [4.69, 9.17) is 4.52 Å². The molecule has 6 nitrogen and oxygen atoms in total. The summed E-state index contributed by atoms with van der Waals surface area (Å²) in [6.07, 6.45) is 3.06.